The standard InChI is InChI=1S/C17H18N4O/c18-9-13-3-1-2-4-14(13)10-21-8-7-15(11-21)17-19-16(20-22-17)12-5-6-12/h1-4,12,15H,5-8,10-11H2/t15-/m1/s1. The highest BCUT2D eigenvalue weighted by molar-refractivity contribution is 5.37. The Bertz CT molecular complexity index is 713. The fraction of sp³-hybridized carbons (Fsp3) is 0.471. The van der Waals surface area contributed by atoms with Crippen LogP contribution in [0, 0.1) is 11.3 Å². The van der Waals surface area contributed by atoms with E-state index in [2.05, 4.69) is 21.1 Å². The monoisotopic (exact) mass is 294 g/mol. The average molecular weight is 294 g/mol. The van der Waals surface area contributed by atoms with Gasteiger partial charge >= 0.3 is 0 Å². The fourth-order valence-corrected chi connectivity index (χ4v) is 3.11. The molecule has 2 fully saturated rings. The lowest BCUT2D eigenvalue weighted by Crippen LogP contribution is -2.20. The zero-order valence-corrected chi connectivity index (χ0v) is 12.4. The molecule has 112 valence electrons. The molecule has 1 aromatic carbocycles. The lowest BCUT2D eigenvalue weighted by atomic mass is 10.1. The molecule has 2 heterocycles. The van der Waals surface area contributed by atoms with Crippen LogP contribution in [0.25, 0.3) is 0 Å². The van der Waals surface area contributed by atoms with Gasteiger partial charge in [0.25, 0.3) is 0 Å². The lowest BCUT2D eigenvalue weighted by molar-refractivity contribution is 0.308. The van der Waals surface area contributed by atoms with E-state index in [1.807, 2.05) is 24.3 Å². The Morgan fingerprint density at radius 3 is 2.91 bits per heavy atom. The lowest BCUT2D eigenvalue weighted by Gasteiger charge is -2.15. The van der Waals surface area contributed by atoms with Crippen molar-refractivity contribution < 1.29 is 4.52 Å². The van der Waals surface area contributed by atoms with Gasteiger partial charge in [0.2, 0.25) is 5.89 Å². The van der Waals surface area contributed by atoms with Gasteiger partial charge in [0.1, 0.15) is 0 Å². The van der Waals surface area contributed by atoms with Crippen molar-refractivity contribution in [1.82, 2.24) is 15.0 Å². The van der Waals surface area contributed by atoms with E-state index in [4.69, 9.17) is 4.52 Å². The van der Waals surface area contributed by atoms with Crippen LogP contribution in [0.3, 0.4) is 0 Å². The van der Waals surface area contributed by atoms with Crippen LogP contribution in [0.2, 0.25) is 0 Å². The van der Waals surface area contributed by atoms with E-state index in [-0.39, 0.29) is 0 Å². The normalized spacial score (nSPS) is 21.9. The number of nitriles is 1. The molecule has 22 heavy (non-hydrogen) atoms. The van der Waals surface area contributed by atoms with E-state index in [9.17, 15) is 5.26 Å². The summed E-state index contributed by atoms with van der Waals surface area (Å²) in [5.74, 6) is 2.55. The summed E-state index contributed by atoms with van der Waals surface area (Å²) in [4.78, 5) is 6.94. The molecule has 2 aliphatic rings. The Balaban J connectivity index is 1.42. The quantitative estimate of drug-likeness (QED) is 0.867. The number of benzene rings is 1. The number of likely N-dealkylation sites (tertiary alicyclic amines) is 1. The molecule has 0 N–H and O–H groups in total. The van der Waals surface area contributed by atoms with Gasteiger partial charge in [-0.05, 0) is 37.4 Å². The molecule has 0 radical (unpaired) electrons. The second kappa shape index (κ2) is 5.54. The molecule has 1 saturated heterocycles. The molecule has 0 unspecified atom stereocenters. The van der Waals surface area contributed by atoms with Crippen molar-refractivity contribution in [3.8, 4) is 6.07 Å². The number of nitrogens with zero attached hydrogens (tertiary/aromatic N) is 4. The molecule has 0 bridgehead atoms. The van der Waals surface area contributed by atoms with Crippen molar-refractivity contribution in [3.05, 3.63) is 47.1 Å². The third-order valence-corrected chi connectivity index (χ3v) is 4.55. The first-order valence-corrected chi connectivity index (χ1v) is 7.87. The van der Waals surface area contributed by atoms with Crippen LogP contribution in [0.5, 0.6) is 0 Å². The minimum atomic E-state index is 0.328. The number of hydrogen-bond acceptors (Lipinski definition) is 5. The van der Waals surface area contributed by atoms with E-state index in [1.165, 1.54) is 12.8 Å². The van der Waals surface area contributed by atoms with Gasteiger partial charge in [-0.1, -0.05) is 23.4 Å². The van der Waals surface area contributed by atoms with E-state index >= 15 is 0 Å². The van der Waals surface area contributed by atoms with Crippen LogP contribution in [-0.4, -0.2) is 28.1 Å². The highest BCUT2D eigenvalue weighted by Gasteiger charge is 2.32. The molecule has 4 rings (SSSR count). The molecule has 1 saturated carbocycles. The SMILES string of the molecule is N#Cc1ccccc1CN1CC[C@@H](c2nc(C3CC3)no2)C1. The fourth-order valence-electron chi connectivity index (χ4n) is 3.11. The molecule has 2 aromatic rings. The summed E-state index contributed by atoms with van der Waals surface area (Å²) in [5.41, 5.74) is 1.86. The van der Waals surface area contributed by atoms with E-state index < -0.39 is 0 Å². The van der Waals surface area contributed by atoms with Crippen LogP contribution in [0.1, 0.15) is 53.9 Å². The first-order valence-electron chi connectivity index (χ1n) is 7.87. The first kappa shape index (κ1) is 13.5. The Morgan fingerprint density at radius 2 is 2.09 bits per heavy atom. The third kappa shape index (κ3) is 2.62. The van der Waals surface area contributed by atoms with Crippen molar-refractivity contribution in [2.75, 3.05) is 13.1 Å². The summed E-state index contributed by atoms with van der Waals surface area (Å²) >= 11 is 0. The molecule has 1 aliphatic heterocycles. The van der Waals surface area contributed by atoms with Crippen LogP contribution in [0.15, 0.2) is 28.8 Å². The Morgan fingerprint density at radius 1 is 1.23 bits per heavy atom. The zero-order chi connectivity index (χ0) is 14.9. The van der Waals surface area contributed by atoms with Crippen molar-refractivity contribution in [2.24, 2.45) is 0 Å². The summed E-state index contributed by atoms with van der Waals surface area (Å²) in [5, 5.41) is 13.3. The largest absolute Gasteiger partial charge is 0.339 e. The first-order chi connectivity index (χ1) is 10.8. The molecule has 1 atom stereocenters. The zero-order valence-electron chi connectivity index (χ0n) is 12.4. The second-order valence-corrected chi connectivity index (χ2v) is 6.25. The smallest absolute Gasteiger partial charge is 0.231 e. The Kier molecular flexibility index (Phi) is 3.39. The van der Waals surface area contributed by atoms with Gasteiger partial charge < -0.3 is 4.52 Å². The highest BCUT2D eigenvalue weighted by atomic mass is 16.5. The van der Waals surface area contributed by atoms with E-state index in [1.54, 1.807) is 0 Å². The summed E-state index contributed by atoms with van der Waals surface area (Å²) in [6.07, 6.45) is 3.43. The topological polar surface area (TPSA) is 66.0 Å². The van der Waals surface area contributed by atoms with Gasteiger partial charge in [-0.15, -0.1) is 0 Å². The summed E-state index contributed by atoms with van der Waals surface area (Å²) in [7, 11) is 0. The Labute approximate surface area is 129 Å². The maximum Gasteiger partial charge on any atom is 0.231 e. The van der Waals surface area contributed by atoms with Gasteiger partial charge in [-0.25, -0.2) is 0 Å². The summed E-state index contributed by atoms with van der Waals surface area (Å²) < 4.78 is 5.45. The van der Waals surface area contributed by atoms with Crippen LogP contribution >= 0.6 is 0 Å². The van der Waals surface area contributed by atoms with Crippen molar-refractivity contribution in [2.45, 2.75) is 37.6 Å². The van der Waals surface area contributed by atoms with Crippen molar-refractivity contribution in [1.29, 1.82) is 5.26 Å². The second-order valence-electron chi connectivity index (χ2n) is 6.25. The molecule has 1 aromatic heterocycles. The maximum atomic E-state index is 9.18. The minimum absolute atomic E-state index is 0.328. The van der Waals surface area contributed by atoms with Crippen LogP contribution < -0.4 is 0 Å². The molecule has 0 spiro atoms. The van der Waals surface area contributed by atoms with Gasteiger partial charge in [0.15, 0.2) is 5.82 Å². The van der Waals surface area contributed by atoms with Crippen LogP contribution in [0.4, 0.5) is 0 Å². The van der Waals surface area contributed by atoms with Crippen molar-refractivity contribution in [3.63, 3.8) is 0 Å². The van der Waals surface area contributed by atoms with E-state index in [0.717, 1.165) is 48.9 Å². The number of hydrogen-bond donors (Lipinski definition) is 0. The Hall–Kier alpha value is -2.19. The predicted octanol–water partition coefficient (Wildman–Crippen LogP) is 2.81. The molecule has 5 heteroatoms. The molecule has 0 amide bonds. The third-order valence-electron chi connectivity index (χ3n) is 4.55. The molecular weight excluding hydrogens is 276 g/mol. The summed E-state index contributed by atoms with van der Waals surface area (Å²) in [6, 6.07) is 10.1. The number of rotatable bonds is 4. The number of aromatic nitrogens is 2. The van der Waals surface area contributed by atoms with Crippen LogP contribution in [-0.2, 0) is 6.54 Å². The molecular formula is C17H18N4O. The minimum Gasteiger partial charge on any atom is -0.339 e. The van der Waals surface area contributed by atoms with Crippen molar-refractivity contribution >= 4 is 0 Å². The van der Waals surface area contributed by atoms with Gasteiger partial charge in [0, 0.05) is 19.0 Å². The average Bonchev–Trinajstić information content (AvgIpc) is 3.10. The van der Waals surface area contributed by atoms with Gasteiger partial charge in [-0.2, -0.15) is 10.2 Å². The predicted molar refractivity (Wildman–Crippen MR) is 80.1 cm³/mol. The molecule has 1 aliphatic carbocycles. The van der Waals surface area contributed by atoms with Gasteiger partial charge in [-0.3, -0.25) is 4.90 Å². The summed E-state index contributed by atoms with van der Waals surface area (Å²) in [6.45, 7) is 2.74. The molecule has 5 nitrogen and oxygen atoms in total. The van der Waals surface area contributed by atoms with Gasteiger partial charge in [0.05, 0.1) is 17.6 Å². The van der Waals surface area contributed by atoms with E-state index in [0.29, 0.717) is 11.8 Å². The highest BCUT2D eigenvalue weighted by Crippen LogP contribution is 2.39. The maximum absolute atomic E-state index is 9.18.